The standard InChI is InChI=1S/C15H13N3/c1-16-12-6-8-18-15(9-12)13-4-2-3-11-5-7-17-10-14(11)13/h2-10H,1H3,(H,16,18). The first-order valence-electron chi connectivity index (χ1n) is 5.85. The minimum Gasteiger partial charge on any atom is -0.388 e. The van der Waals surface area contributed by atoms with Crippen LogP contribution in [0, 0.1) is 0 Å². The molecule has 0 saturated heterocycles. The van der Waals surface area contributed by atoms with Crippen LogP contribution in [-0.4, -0.2) is 17.0 Å². The summed E-state index contributed by atoms with van der Waals surface area (Å²) in [6.45, 7) is 0. The van der Waals surface area contributed by atoms with E-state index in [4.69, 9.17) is 0 Å². The van der Waals surface area contributed by atoms with Crippen molar-refractivity contribution in [1.29, 1.82) is 0 Å². The molecule has 0 aliphatic heterocycles. The fraction of sp³-hybridized carbons (Fsp3) is 0.0667. The molecule has 0 bridgehead atoms. The smallest absolute Gasteiger partial charge is 0.0729 e. The minimum absolute atomic E-state index is 0.959. The molecule has 3 aromatic rings. The molecule has 1 N–H and O–H groups in total. The van der Waals surface area contributed by atoms with E-state index in [0.717, 1.165) is 22.3 Å². The van der Waals surface area contributed by atoms with Gasteiger partial charge in [0.1, 0.15) is 0 Å². The van der Waals surface area contributed by atoms with Gasteiger partial charge in [-0.15, -0.1) is 0 Å². The number of nitrogens with zero attached hydrogens (tertiary/aromatic N) is 2. The molecule has 3 rings (SSSR count). The van der Waals surface area contributed by atoms with Gasteiger partial charge in [0, 0.05) is 42.3 Å². The first-order chi connectivity index (χ1) is 8.88. The molecule has 0 saturated carbocycles. The molecule has 0 aliphatic rings. The lowest BCUT2D eigenvalue weighted by molar-refractivity contribution is 1.31. The zero-order chi connectivity index (χ0) is 12.4. The molecule has 3 nitrogen and oxygen atoms in total. The van der Waals surface area contributed by atoms with Crippen molar-refractivity contribution in [2.75, 3.05) is 12.4 Å². The van der Waals surface area contributed by atoms with E-state index in [0.29, 0.717) is 0 Å². The number of rotatable bonds is 2. The zero-order valence-corrected chi connectivity index (χ0v) is 10.1. The molecule has 2 aromatic heterocycles. The van der Waals surface area contributed by atoms with Gasteiger partial charge in [-0.05, 0) is 23.6 Å². The van der Waals surface area contributed by atoms with Gasteiger partial charge < -0.3 is 5.32 Å². The second-order valence-electron chi connectivity index (χ2n) is 4.08. The lowest BCUT2D eigenvalue weighted by Crippen LogP contribution is -1.91. The van der Waals surface area contributed by atoms with Crippen LogP contribution in [0.2, 0.25) is 0 Å². The van der Waals surface area contributed by atoms with Crippen molar-refractivity contribution >= 4 is 16.5 Å². The molecule has 0 aliphatic carbocycles. The van der Waals surface area contributed by atoms with Crippen molar-refractivity contribution in [2.24, 2.45) is 0 Å². The van der Waals surface area contributed by atoms with Gasteiger partial charge in [-0.25, -0.2) is 0 Å². The molecular weight excluding hydrogens is 222 g/mol. The van der Waals surface area contributed by atoms with Crippen molar-refractivity contribution in [3.63, 3.8) is 0 Å². The zero-order valence-electron chi connectivity index (χ0n) is 10.1. The van der Waals surface area contributed by atoms with Gasteiger partial charge in [0.25, 0.3) is 0 Å². The Morgan fingerprint density at radius 1 is 1.06 bits per heavy atom. The van der Waals surface area contributed by atoms with Gasteiger partial charge in [-0.1, -0.05) is 18.2 Å². The van der Waals surface area contributed by atoms with Crippen molar-refractivity contribution in [2.45, 2.75) is 0 Å². The van der Waals surface area contributed by atoms with Crippen LogP contribution in [-0.2, 0) is 0 Å². The number of hydrogen-bond acceptors (Lipinski definition) is 3. The molecule has 0 unspecified atom stereocenters. The van der Waals surface area contributed by atoms with E-state index in [-0.39, 0.29) is 0 Å². The van der Waals surface area contributed by atoms with E-state index >= 15 is 0 Å². The van der Waals surface area contributed by atoms with Crippen LogP contribution in [0.4, 0.5) is 5.69 Å². The maximum absolute atomic E-state index is 4.44. The van der Waals surface area contributed by atoms with Crippen LogP contribution in [0.3, 0.4) is 0 Å². The van der Waals surface area contributed by atoms with Crippen LogP contribution >= 0.6 is 0 Å². The number of anilines is 1. The average molecular weight is 235 g/mol. The van der Waals surface area contributed by atoms with E-state index in [2.05, 4.69) is 27.4 Å². The minimum atomic E-state index is 0.959. The Hall–Kier alpha value is -2.42. The molecule has 0 atom stereocenters. The van der Waals surface area contributed by atoms with Crippen LogP contribution < -0.4 is 5.32 Å². The molecule has 1 aromatic carbocycles. The van der Waals surface area contributed by atoms with Crippen LogP contribution in [0.1, 0.15) is 0 Å². The van der Waals surface area contributed by atoms with Gasteiger partial charge in [0.2, 0.25) is 0 Å². The SMILES string of the molecule is CNc1ccnc(-c2cccc3ccncc23)c1. The first kappa shape index (κ1) is 10.7. The fourth-order valence-electron chi connectivity index (χ4n) is 2.07. The van der Waals surface area contributed by atoms with E-state index in [1.807, 2.05) is 49.9 Å². The van der Waals surface area contributed by atoms with Crippen molar-refractivity contribution in [3.8, 4) is 11.3 Å². The predicted octanol–water partition coefficient (Wildman–Crippen LogP) is 3.34. The van der Waals surface area contributed by atoms with Crippen LogP contribution in [0.15, 0.2) is 55.0 Å². The lowest BCUT2D eigenvalue weighted by Gasteiger charge is -2.07. The molecule has 0 fully saturated rings. The number of fused-ring (bicyclic) bond motifs is 1. The number of pyridine rings is 2. The van der Waals surface area contributed by atoms with E-state index in [1.165, 1.54) is 5.39 Å². The highest BCUT2D eigenvalue weighted by Gasteiger charge is 2.05. The van der Waals surface area contributed by atoms with E-state index in [9.17, 15) is 0 Å². The van der Waals surface area contributed by atoms with Gasteiger partial charge >= 0.3 is 0 Å². The largest absolute Gasteiger partial charge is 0.388 e. The second kappa shape index (κ2) is 4.45. The summed E-state index contributed by atoms with van der Waals surface area (Å²) in [7, 11) is 1.91. The maximum atomic E-state index is 4.44. The van der Waals surface area contributed by atoms with Crippen molar-refractivity contribution in [3.05, 3.63) is 55.0 Å². The number of aromatic nitrogens is 2. The molecule has 2 heterocycles. The molecule has 3 heteroatoms. The third kappa shape index (κ3) is 1.80. The van der Waals surface area contributed by atoms with Gasteiger partial charge in [-0.3, -0.25) is 9.97 Å². The summed E-state index contributed by atoms with van der Waals surface area (Å²) in [6.07, 6.45) is 5.51. The quantitative estimate of drug-likeness (QED) is 0.740. The number of hydrogen-bond donors (Lipinski definition) is 1. The third-order valence-corrected chi connectivity index (χ3v) is 3.01. The van der Waals surface area contributed by atoms with E-state index in [1.54, 1.807) is 0 Å². The Balaban J connectivity index is 2.24. The Kier molecular flexibility index (Phi) is 2.65. The molecular formula is C15H13N3. The molecule has 0 spiro atoms. The number of nitrogens with one attached hydrogen (secondary N) is 1. The predicted molar refractivity (Wildman–Crippen MR) is 74.5 cm³/mol. The topological polar surface area (TPSA) is 37.8 Å². The van der Waals surface area contributed by atoms with E-state index < -0.39 is 0 Å². The number of benzene rings is 1. The Morgan fingerprint density at radius 3 is 2.89 bits per heavy atom. The highest BCUT2D eigenvalue weighted by Crippen LogP contribution is 2.27. The summed E-state index contributed by atoms with van der Waals surface area (Å²) in [6, 6.07) is 12.2. The summed E-state index contributed by atoms with van der Waals surface area (Å²) in [5.74, 6) is 0. The van der Waals surface area contributed by atoms with Crippen LogP contribution in [0.5, 0.6) is 0 Å². The Labute approximate surface area is 106 Å². The molecule has 18 heavy (non-hydrogen) atoms. The monoisotopic (exact) mass is 235 g/mol. The second-order valence-corrected chi connectivity index (χ2v) is 4.08. The lowest BCUT2D eigenvalue weighted by atomic mass is 10.0. The van der Waals surface area contributed by atoms with Crippen molar-refractivity contribution < 1.29 is 0 Å². The fourth-order valence-corrected chi connectivity index (χ4v) is 2.07. The highest BCUT2D eigenvalue weighted by atomic mass is 14.8. The summed E-state index contributed by atoms with van der Waals surface area (Å²) in [5, 5.41) is 5.44. The molecule has 0 amide bonds. The summed E-state index contributed by atoms with van der Waals surface area (Å²) >= 11 is 0. The molecule has 88 valence electrons. The Bertz CT molecular complexity index is 687. The van der Waals surface area contributed by atoms with Crippen LogP contribution in [0.25, 0.3) is 22.0 Å². The van der Waals surface area contributed by atoms with Gasteiger partial charge in [-0.2, -0.15) is 0 Å². The highest BCUT2D eigenvalue weighted by molar-refractivity contribution is 5.95. The summed E-state index contributed by atoms with van der Waals surface area (Å²) < 4.78 is 0. The first-order valence-corrected chi connectivity index (χ1v) is 5.85. The van der Waals surface area contributed by atoms with Gasteiger partial charge in [0.15, 0.2) is 0 Å². The van der Waals surface area contributed by atoms with Crippen molar-refractivity contribution in [1.82, 2.24) is 9.97 Å². The Morgan fingerprint density at radius 2 is 2.00 bits per heavy atom. The summed E-state index contributed by atoms with van der Waals surface area (Å²) in [5.41, 5.74) is 3.12. The summed E-state index contributed by atoms with van der Waals surface area (Å²) in [4.78, 5) is 8.64. The average Bonchev–Trinajstić information content (AvgIpc) is 2.47. The molecule has 0 radical (unpaired) electrons. The van der Waals surface area contributed by atoms with Gasteiger partial charge in [0.05, 0.1) is 5.69 Å². The maximum Gasteiger partial charge on any atom is 0.0729 e. The third-order valence-electron chi connectivity index (χ3n) is 3.01. The normalized spacial score (nSPS) is 10.5.